The molecule has 5 atom stereocenters. The molecule has 3 rings (SSSR count). The lowest BCUT2D eigenvalue weighted by molar-refractivity contribution is 0.00896. The highest BCUT2D eigenvalue weighted by Crippen LogP contribution is 2.45. The van der Waals surface area contributed by atoms with Crippen molar-refractivity contribution in [2.45, 2.75) is 30.8 Å². The topological polar surface area (TPSA) is 38.7 Å². The molecule has 10 heavy (non-hydrogen) atoms. The van der Waals surface area contributed by atoms with Crippen LogP contribution in [0.15, 0.2) is 0 Å². The number of hydrogen-bond acceptors (Lipinski definition) is 3. The van der Waals surface area contributed by atoms with E-state index >= 15 is 0 Å². The van der Waals surface area contributed by atoms with Crippen molar-refractivity contribution in [2.24, 2.45) is 5.92 Å². The van der Waals surface area contributed by atoms with Gasteiger partial charge in [-0.1, -0.05) is 0 Å². The van der Waals surface area contributed by atoms with Crippen molar-refractivity contribution in [1.82, 2.24) is 0 Å². The maximum Gasteiger partial charge on any atom is 0.112 e. The first-order chi connectivity index (χ1) is 4.86. The molecule has 3 aliphatic heterocycles. The molecule has 0 radical (unpaired) electrons. The number of rotatable bonds is 0. The molecular formula is C7H10O3. The van der Waals surface area contributed by atoms with E-state index in [-0.39, 0.29) is 24.4 Å². The second kappa shape index (κ2) is 1.55. The summed E-state index contributed by atoms with van der Waals surface area (Å²) in [5, 5.41) is 9.46. The van der Waals surface area contributed by atoms with Gasteiger partial charge < -0.3 is 14.6 Å². The Morgan fingerprint density at radius 1 is 1.30 bits per heavy atom. The molecule has 0 spiro atoms. The van der Waals surface area contributed by atoms with Gasteiger partial charge in [-0.15, -0.1) is 0 Å². The maximum absolute atomic E-state index is 9.46. The van der Waals surface area contributed by atoms with E-state index < -0.39 is 0 Å². The van der Waals surface area contributed by atoms with Crippen molar-refractivity contribution in [3.05, 3.63) is 0 Å². The molecule has 0 aromatic heterocycles. The van der Waals surface area contributed by atoms with E-state index in [1.165, 1.54) is 0 Å². The van der Waals surface area contributed by atoms with Gasteiger partial charge in [0.05, 0.1) is 18.8 Å². The van der Waals surface area contributed by atoms with Crippen LogP contribution >= 0.6 is 0 Å². The van der Waals surface area contributed by atoms with Gasteiger partial charge in [0.2, 0.25) is 0 Å². The summed E-state index contributed by atoms with van der Waals surface area (Å²) in [4.78, 5) is 0. The Morgan fingerprint density at radius 3 is 2.90 bits per heavy atom. The zero-order valence-corrected chi connectivity index (χ0v) is 5.56. The van der Waals surface area contributed by atoms with Crippen LogP contribution in [0.1, 0.15) is 6.42 Å². The zero-order chi connectivity index (χ0) is 6.72. The van der Waals surface area contributed by atoms with Gasteiger partial charge in [-0.2, -0.15) is 0 Å². The number of aliphatic hydroxyl groups excluding tert-OH is 1. The van der Waals surface area contributed by atoms with Gasteiger partial charge in [0.25, 0.3) is 0 Å². The number of hydrogen-bond donors (Lipinski definition) is 1. The lowest BCUT2D eigenvalue weighted by atomic mass is 9.89. The summed E-state index contributed by atoms with van der Waals surface area (Å²) >= 11 is 0. The highest BCUT2D eigenvalue weighted by Gasteiger charge is 2.58. The Labute approximate surface area is 58.9 Å². The molecular weight excluding hydrogens is 132 g/mol. The van der Waals surface area contributed by atoms with Crippen LogP contribution < -0.4 is 0 Å². The summed E-state index contributed by atoms with van der Waals surface area (Å²) in [6, 6.07) is 0. The summed E-state index contributed by atoms with van der Waals surface area (Å²) in [5.74, 6) is 0.582. The van der Waals surface area contributed by atoms with Crippen LogP contribution in [0.3, 0.4) is 0 Å². The lowest BCUT2D eigenvalue weighted by Crippen LogP contribution is -2.36. The van der Waals surface area contributed by atoms with Gasteiger partial charge in [0, 0.05) is 5.92 Å². The number of ether oxygens (including phenoxy) is 2. The summed E-state index contributed by atoms with van der Waals surface area (Å²) in [7, 11) is 0. The highest BCUT2D eigenvalue weighted by molar-refractivity contribution is 5.05. The van der Waals surface area contributed by atoms with Crippen molar-refractivity contribution in [1.29, 1.82) is 0 Å². The van der Waals surface area contributed by atoms with Crippen molar-refractivity contribution in [3.63, 3.8) is 0 Å². The van der Waals surface area contributed by atoms with Gasteiger partial charge >= 0.3 is 0 Å². The standard InChI is InChI=1S/C7H10O3/c8-5-4-1-3-2-9-7(5)6(3)10-4/h3-8H,1-2H2/t3-,4+,5+,6-,7-/m1/s1. The van der Waals surface area contributed by atoms with Crippen LogP contribution in [0.4, 0.5) is 0 Å². The van der Waals surface area contributed by atoms with E-state index in [1.54, 1.807) is 0 Å². The monoisotopic (exact) mass is 142 g/mol. The molecule has 0 amide bonds. The number of aliphatic hydroxyl groups is 1. The molecule has 3 fully saturated rings. The molecule has 0 aromatic rings. The van der Waals surface area contributed by atoms with Gasteiger partial charge in [-0.3, -0.25) is 0 Å². The average Bonchev–Trinajstić information content (AvgIpc) is 2.43. The third-order valence-corrected chi connectivity index (χ3v) is 2.88. The minimum absolute atomic E-state index is 0.00347. The summed E-state index contributed by atoms with van der Waals surface area (Å²) < 4.78 is 10.9. The molecule has 0 aromatic carbocycles. The molecule has 0 saturated carbocycles. The number of fused-ring (bicyclic) bond motifs is 1. The Balaban J connectivity index is 2.00. The molecule has 3 saturated heterocycles. The van der Waals surface area contributed by atoms with Crippen molar-refractivity contribution < 1.29 is 14.6 Å². The van der Waals surface area contributed by atoms with Gasteiger partial charge in [0.1, 0.15) is 12.2 Å². The predicted octanol–water partition coefficient (Wildman–Crippen LogP) is -0.467. The molecule has 2 bridgehead atoms. The first-order valence-electron chi connectivity index (χ1n) is 3.81. The second-order valence-corrected chi connectivity index (χ2v) is 3.42. The summed E-state index contributed by atoms with van der Waals surface area (Å²) in [6.45, 7) is 0.795. The normalized spacial score (nSPS) is 63.9. The fourth-order valence-corrected chi connectivity index (χ4v) is 2.36. The van der Waals surface area contributed by atoms with Gasteiger partial charge in [0.15, 0.2) is 0 Å². The molecule has 56 valence electrons. The Kier molecular flexibility index (Phi) is 0.854. The Hall–Kier alpha value is -0.120. The first kappa shape index (κ1) is 5.52. The minimum Gasteiger partial charge on any atom is -0.388 e. The zero-order valence-electron chi connectivity index (χ0n) is 5.56. The van der Waals surface area contributed by atoms with E-state index in [4.69, 9.17) is 9.47 Å². The molecule has 3 aliphatic rings. The third-order valence-electron chi connectivity index (χ3n) is 2.88. The maximum atomic E-state index is 9.46. The highest BCUT2D eigenvalue weighted by atomic mass is 16.6. The van der Waals surface area contributed by atoms with Crippen LogP contribution in [0.25, 0.3) is 0 Å². The Bertz CT molecular complexity index is 168. The summed E-state index contributed by atoms with van der Waals surface area (Å²) in [5.41, 5.74) is 0. The van der Waals surface area contributed by atoms with Crippen molar-refractivity contribution in [3.8, 4) is 0 Å². The SMILES string of the molecule is O[C@@H]1[C@H]2OC[C@H]3C[C@@H]1O[C@H]32. The fourth-order valence-electron chi connectivity index (χ4n) is 2.36. The van der Waals surface area contributed by atoms with Crippen molar-refractivity contribution >= 4 is 0 Å². The van der Waals surface area contributed by atoms with Crippen molar-refractivity contribution in [2.75, 3.05) is 6.61 Å². The quantitative estimate of drug-likeness (QED) is 0.497. The third kappa shape index (κ3) is 0.447. The van der Waals surface area contributed by atoms with Crippen LogP contribution in [0.5, 0.6) is 0 Å². The Morgan fingerprint density at radius 2 is 2.20 bits per heavy atom. The molecule has 0 unspecified atom stereocenters. The first-order valence-corrected chi connectivity index (χ1v) is 3.81. The van der Waals surface area contributed by atoms with E-state index in [0.717, 1.165) is 13.0 Å². The fraction of sp³-hybridized carbons (Fsp3) is 1.00. The van der Waals surface area contributed by atoms with E-state index in [9.17, 15) is 5.11 Å². The largest absolute Gasteiger partial charge is 0.388 e. The summed E-state index contributed by atoms with van der Waals surface area (Å²) in [6.07, 6.45) is 0.970. The van der Waals surface area contributed by atoms with Crippen LogP contribution in [0, 0.1) is 5.92 Å². The van der Waals surface area contributed by atoms with Gasteiger partial charge in [-0.05, 0) is 6.42 Å². The molecule has 1 N–H and O–H groups in total. The molecule has 3 heteroatoms. The smallest absolute Gasteiger partial charge is 0.112 e. The minimum atomic E-state index is -0.344. The second-order valence-electron chi connectivity index (χ2n) is 3.42. The van der Waals surface area contributed by atoms with E-state index in [2.05, 4.69) is 0 Å². The van der Waals surface area contributed by atoms with E-state index in [1.807, 2.05) is 0 Å². The van der Waals surface area contributed by atoms with Crippen LogP contribution in [0.2, 0.25) is 0 Å². The average molecular weight is 142 g/mol. The lowest BCUT2D eigenvalue weighted by Gasteiger charge is -2.17. The van der Waals surface area contributed by atoms with Crippen LogP contribution in [-0.2, 0) is 9.47 Å². The van der Waals surface area contributed by atoms with Crippen LogP contribution in [-0.4, -0.2) is 36.1 Å². The van der Waals surface area contributed by atoms with Gasteiger partial charge in [-0.25, -0.2) is 0 Å². The molecule has 0 aliphatic carbocycles. The molecule has 3 nitrogen and oxygen atoms in total. The molecule has 3 heterocycles. The predicted molar refractivity (Wildman–Crippen MR) is 32.5 cm³/mol. The van der Waals surface area contributed by atoms with E-state index in [0.29, 0.717) is 5.92 Å².